The topological polar surface area (TPSA) is 62.4 Å². The van der Waals surface area contributed by atoms with E-state index in [1.807, 2.05) is 6.07 Å². The van der Waals surface area contributed by atoms with Crippen LogP contribution in [0.15, 0.2) is 29.3 Å². The quantitative estimate of drug-likeness (QED) is 0.327. The zero-order valence-corrected chi connectivity index (χ0v) is 13.2. The molecule has 0 amide bonds. The summed E-state index contributed by atoms with van der Waals surface area (Å²) in [6, 6.07) is 6.97. The van der Waals surface area contributed by atoms with Gasteiger partial charge in [0.2, 0.25) is 0 Å². The molecule has 4 N–H and O–H groups in total. The molecule has 0 unspecified atom stereocenters. The minimum Gasteiger partial charge on any atom is -0.385 e. The zero-order valence-electron chi connectivity index (χ0n) is 13.2. The van der Waals surface area contributed by atoms with Crippen molar-refractivity contribution >= 4 is 11.6 Å². The van der Waals surface area contributed by atoms with Gasteiger partial charge in [0, 0.05) is 24.8 Å². The number of hydrogen-bond donors (Lipinski definition) is 3. The Morgan fingerprint density at radius 3 is 2.73 bits per heavy atom. The molecule has 1 aliphatic rings. The molecule has 1 aromatic carbocycles. The Balaban J connectivity index is 1.62. The van der Waals surface area contributed by atoms with Gasteiger partial charge in [-0.25, -0.2) is 4.39 Å². The van der Waals surface area contributed by atoms with Crippen molar-refractivity contribution in [1.29, 1.82) is 0 Å². The van der Waals surface area contributed by atoms with Crippen molar-refractivity contribution in [3.8, 4) is 0 Å². The zero-order chi connectivity index (χ0) is 15.6. The Kier molecular flexibility index (Phi) is 7.00. The standard InChI is InChI=1S/C17H27FN4/c18-14-7-5-10-16(13-14)20-11-6-12-21-17(19)22-15-8-3-1-2-4-9-15/h5,7,10,13,15,20H,1-4,6,8-9,11-12H2,(H3,19,21,22). The Morgan fingerprint density at radius 1 is 1.23 bits per heavy atom. The number of aliphatic imine (C=N–C) groups is 1. The van der Waals surface area contributed by atoms with Crippen LogP contribution in [0.1, 0.15) is 44.9 Å². The number of rotatable bonds is 6. The van der Waals surface area contributed by atoms with Crippen LogP contribution in [0.3, 0.4) is 0 Å². The molecule has 0 atom stereocenters. The van der Waals surface area contributed by atoms with Crippen molar-refractivity contribution in [1.82, 2.24) is 5.32 Å². The van der Waals surface area contributed by atoms with Crippen LogP contribution in [-0.4, -0.2) is 25.1 Å². The number of anilines is 1. The summed E-state index contributed by atoms with van der Waals surface area (Å²) in [5.74, 6) is 0.331. The fourth-order valence-electron chi connectivity index (χ4n) is 2.79. The normalized spacial score (nSPS) is 17.0. The second kappa shape index (κ2) is 9.28. The van der Waals surface area contributed by atoms with E-state index >= 15 is 0 Å². The fourth-order valence-corrected chi connectivity index (χ4v) is 2.79. The van der Waals surface area contributed by atoms with Crippen LogP contribution in [0, 0.1) is 5.82 Å². The lowest BCUT2D eigenvalue weighted by molar-refractivity contribution is 0.530. The Hall–Kier alpha value is -1.78. The maximum Gasteiger partial charge on any atom is 0.188 e. The first-order valence-electron chi connectivity index (χ1n) is 8.30. The predicted octanol–water partition coefficient (Wildman–Crippen LogP) is 3.25. The molecule has 22 heavy (non-hydrogen) atoms. The van der Waals surface area contributed by atoms with Crippen LogP contribution in [0.5, 0.6) is 0 Å². The van der Waals surface area contributed by atoms with Crippen LogP contribution < -0.4 is 16.4 Å². The molecule has 1 saturated carbocycles. The summed E-state index contributed by atoms with van der Waals surface area (Å²) >= 11 is 0. The van der Waals surface area contributed by atoms with Crippen LogP contribution in [0.2, 0.25) is 0 Å². The SMILES string of the molecule is NC(=NCCCNc1cccc(F)c1)NC1CCCCCC1. The van der Waals surface area contributed by atoms with Gasteiger partial charge in [0.25, 0.3) is 0 Å². The first kappa shape index (κ1) is 16.6. The number of guanidine groups is 1. The maximum absolute atomic E-state index is 13.0. The van der Waals surface area contributed by atoms with Crippen LogP contribution >= 0.6 is 0 Å². The Morgan fingerprint density at radius 2 is 2.00 bits per heavy atom. The number of nitrogens with one attached hydrogen (secondary N) is 2. The summed E-state index contributed by atoms with van der Waals surface area (Å²) in [5, 5.41) is 6.51. The molecule has 1 aromatic rings. The largest absolute Gasteiger partial charge is 0.385 e. The molecule has 4 nitrogen and oxygen atoms in total. The smallest absolute Gasteiger partial charge is 0.188 e. The van der Waals surface area contributed by atoms with E-state index in [1.54, 1.807) is 6.07 Å². The van der Waals surface area contributed by atoms with Crippen LogP contribution in [0.25, 0.3) is 0 Å². The minimum atomic E-state index is -0.222. The number of nitrogens with two attached hydrogens (primary N) is 1. The molecule has 0 heterocycles. The molecular weight excluding hydrogens is 279 g/mol. The van der Waals surface area contributed by atoms with E-state index in [1.165, 1.54) is 50.7 Å². The van der Waals surface area contributed by atoms with Gasteiger partial charge in [-0.3, -0.25) is 4.99 Å². The van der Waals surface area contributed by atoms with Gasteiger partial charge < -0.3 is 16.4 Å². The van der Waals surface area contributed by atoms with Gasteiger partial charge in [-0.05, 0) is 37.5 Å². The molecule has 0 radical (unpaired) electrons. The van der Waals surface area contributed by atoms with Crippen molar-refractivity contribution < 1.29 is 4.39 Å². The third-order valence-corrected chi connectivity index (χ3v) is 3.98. The molecule has 0 bridgehead atoms. The van der Waals surface area contributed by atoms with Crippen LogP contribution in [0.4, 0.5) is 10.1 Å². The van der Waals surface area contributed by atoms with Gasteiger partial charge in [-0.1, -0.05) is 31.7 Å². The lowest BCUT2D eigenvalue weighted by atomic mass is 10.1. The van der Waals surface area contributed by atoms with Crippen molar-refractivity contribution in [2.24, 2.45) is 10.7 Å². The Labute approximate surface area is 132 Å². The Bertz CT molecular complexity index is 467. The molecule has 0 spiro atoms. The highest BCUT2D eigenvalue weighted by molar-refractivity contribution is 5.78. The van der Waals surface area contributed by atoms with E-state index in [0.717, 1.165) is 18.7 Å². The van der Waals surface area contributed by atoms with E-state index in [9.17, 15) is 4.39 Å². The molecule has 1 fully saturated rings. The first-order chi connectivity index (χ1) is 10.7. The van der Waals surface area contributed by atoms with Crippen molar-refractivity contribution in [2.75, 3.05) is 18.4 Å². The third kappa shape index (κ3) is 6.33. The average Bonchev–Trinajstić information content (AvgIpc) is 2.75. The van der Waals surface area contributed by atoms with E-state index < -0.39 is 0 Å². The molecule has 0 aromatic heterocycles. The fraction of sp³-hybridized carbons (Fsp3) is 0.588. The van der Waals surface area contributed by atoms with Gasteiger partial charge in [0.15, 0.2) is 5.96 Å². The van der Waals surface area contributed by atoms with Gasteiger partial charge in [0.1, 0.15) is 5.82 Å². The summed E-state index contributed by atoms with van der Waals surface area (Å²) in [6.07, 6.45) is 8.48. The monoisotopic (exact) mass is 306 g/mol. The predicted molar refractivity (Wildman–Crippen MR) is 90.6 cm³/mol. The van der Waals surface area contributed by atoms with E-state index in [4.69, 9.17) is 5.73 Å². The lowest BCUT2D eigenvalue weighted by Crippen LogP contribution is -2.39. The summed E-state index contributed by atoms with van der Waals surface area (Å²) in [6.45, 7) is 1.43. The van der Waals surface area contributed by atoms with Crippen molar-refractivity contribution in [3.63, 3.8) is 0 Å². The summed E-state index contributed by atoms with van der Waals surface area (Å²) in [4.78, 5) is 4.37. The molecule has 0 aliphatic heterocycles. The van der Waals surface area contributed by atoms with Gasteiger partial charge in [-0.2, -0.15) is 0 Å². The lowest BCUT2D eigenvalue weighted by Gasteiger charge is -2.16. The van der Waals surface area contributed by atoms with E-state index in [0.29, 0.717) is 18.5 Å². The highest BCUT2D eigenvalue weighted by atomic mass is 19.1. The number of benzene rings is 1. The molecule has 122 valence electrons. The third-order valence-electron chi connectivity index (χ3n) is 3.98. The minimum absolute atomic E-state index is 0.222. The van der Waals surface area contributed by atoms with Gasteiger partial charge in [-0.15, -0.1) is 0 Å². The second-order valence-electron chi connectivity index (χ2n) is 5.89. The van der Waals surface area contributed by atoms with E-state index in [2.05, 4.69) is 15.6 Å². The summed E-state index contributed by atoms with van der Waals surface area (Å²) < 4.78 is 13.0. The first-order valence-corrected chi connectivity index (χ1v) is 8.30. The number of hydrogen-bond acceptors (Lipinski definition) is 2. The second-order valence-corrected chi connectivity index (χ2v) is 5.89. The molecule has 2 rings (SSSR count). The van der Waals surface area contributed by atoms with E-state index in [-0.39, 0.29) is 5.82 Å². The maximum atomic E-state index is 13.0. The highest BCUT2D eigenvalue weighted by Gasteiger charge is 2.11. The molecular formula is C17H27FN4. The molecule has 5 heteroatoms. The van der Waals surface area contributed by atoms with Crippen molar-refractivity contribution in [2.45, 2.75) is 51.0 Å². The molecule has 1 aliphatic carbocycles. The average molecular weight is 306 g/mol. The number of nitrogens with zero attached hydrogens (tertiary/aromatic N) is 1. The highest BCUT2D eigenvalue weighted by Crippen LogP contribution is 2.16. The number of halogens is 1. The summed E-state index contributed by atoms with van der Waals surface area (Å²) in [5.41, 5.74) is 6.74. The summed E-state index contributed by atoms with van der Waals surface area (Å²) in [7, 11) is 0. The van der Waals surface area contributed by atoms with Crippen molar-refractivity contribution in [3.05, 3.63) is 30.1 Å². The van der Waals surface area contributed by atoms with Crippen LogP contribution in [-0.2, 0) is 0 Å². The van der Waals surface area contributed by atoms with Gasteiger partial charge >= 0.3 is 0 Å². The molecule has 0 saturated heterocycles. The van der Waals surface area contributed by atoms with Gasteiger partial charge in [0.05, 0.1) is 0 Å².